The first kappa shape index (κ1) is 12.1. The molecule has 0 fully saturated rings. The summed E-state index contributed by atoms with van der Waals surface area (Å²) in [6.45, 7) is 0.329. The number of phenolic OH excluding ortho intramolecular Hbond substituents is 1. The first-order chi connectivity index (χ1) is 9.20. The van der Waals surface area contributed by atoms with Gasteiger partial charge >= 0.3 is 0 Å². The van der Waals surface area contributed by atoms with Crippen molar-refractivity contribution >= 4 is 26.9 Å². The summed E-state index contributed by atoms with van der Waals surface area (Å²) >= 11 is 3.42. The number of benzene rings is 2. The molecule has 96 valence electrons. The Kier molecular flexibility index (Phi) is 3.17. The van der Waals surface area contributed by atoms with Crippen LogP contribution < -0.4 is 4.74 Å². The fourth-order valence-electron chi connectivity index (χ4n) is 1.87. The summed E-state index contributed by atoms with van der Waals surface area (Å²) < 4.78 is 12.2. The van der Waals surface area contributed by atoms with Crippen LogP contribution in [0.2, 0.25) is 0 Å². The van der Waals surface area contributed by atoms with Crippen LogP contribution in [0.5, 0.6) is 11.5 Å². The largest absolute Gasteiger partial charge is 0.508 e. The second-order valence-corrected chi connectivity index (χ2v) is 5.10. The molecule has 0 aliphatic carbocycles. The third kappa shape index (κ3) is 2.74. The smallest absolute Gasteiger partial charge is 0.146 e. The molecule has 0 atom stereocenters. The molecule has 0 aliphatic rings. The Morgan fingerprint density at radius 2 is 2.00 bits per heavy atom. The Balaban J connectivity index is 1.78. The van der Waals surface area contributed by atoms with Gasteiger partial charge in [0.2, 0.25) is 0 Å². The van der Waals surface area contributed by atoms with Gasteiger partial charge in [0.05, 0.1) is 0 Å². The molecule has 1 aromatic heterocycles. The van der Waals surface area contributed by atoms with Crippen molar-refractivity contribution in [1.29, 1.82) is 0 Å². The molecule has 3 nitrogen and oxygen atoms in total. The molecule has 0 aliphatic heterocycles. The zero-order chi connectivity index (χ0) is 13.2. The van der Waals surface area contributed by atoms with Crippen LogP contribution in [0, 0.1) is 0 Å². The van der Waals surface area contributed by atoms with Gasteiger partial charge in [-0.3, -0.25) is 0 Å². The molecular weight excluding hydrogens is 308 g/mol. The summed E-state index contributed by atoms with van der Waals surface area (Å²) in [6.07, 6.45) is 0. The number of hydrogen-bond donors (Lipinski definition) is 1. The lowest BCUT2D eigenvalue weighted by Gasteiger charge is -2.03. The quantitative estimate of drug-likeness (QED) is 0.774. The third-order valence-electron chi connectivity index (χ3n) is 2.73. The molecule has 1 heterocycles. The zero-order valence-corrected chi connectivity index (χ0v) is 11.6. The van der Waals surface area contributed by atoms with Gasteiger partial charge in [0.15, 0.2) is 0 Å². The topological polar surface area (TPSA) is 42.6 Å². The van der Waals surface area contributed by atoms with E-state index in [1.54, 1.807) is 24.3 Å². The second kappa shape index (κ2) is 4.97. The van der Waals surface area contributed by atoms with Crippen molar-refractivity contribution in [3.63, 3.8) is 0 Å². The number of furan rings is 1. The predicted molar refractivity (Wildman–Crippen MR) is 76.4 cm³/mol. The molecular formula is C15H11BrO3. The van der Waals surface area contributed by atoms with Crippen LogP contribution in [0.4, 0.5) is 0 Å². The van der Waals surface area contributed by atoms with Crippen molar-refractivity contribution in [3.8, 4) is 11.5 Å². The van der Waals surface area contributed by atoms with Crippen LogP contribution >= 0.6 is 15.9 Å². The summed E-state index contributed by atoms with van der Waals surface area (Å²) in [4.78, 5) is 0. The number of aromatic hydroxyl groups is 1. The van der Waals surface area contributed by atoms with Gasteiger partial charge < -0.3 is 14.3 Å². The average Bonchev–Trinajstić information content (AvgIpc) is 2.78. The Morgan fingerprint density at radius 3 is 2.84 bits per heavy atom. The molecule has 0 bridgehead atoms. The van der Waals surface area contributed by atoms with Crippen LogP contribution in [0.15, 0.2) is 57.4 Å². The molecule has 0 saturated heterocycles. The van der Waals surface area contributed by atoms with Crippen molar-refractivity contribution < 1.29 is 14.3 Å². The highest BCUT2D eigenvalue weighted by molar-refractivity contribution is 9.10. The molecule has 0 saturated carbocycles. The Labute approximate surface area is 118 Å². The van der Waals surface area contributed by atoms with Gasteiger partial charge in [-0.25, -0.2) is 0 Å². The standard InChI is InChI=1S/C15H11BrO3/c16-11-4-5-15-10(6-11)7-14(19-15)9-18-13-3-1-2-12(17)8-13/h1-8,17H,9H2. The molecule has 19 heavy (non-hydrogen) atoms. The van der Waals surface area contributed by atoms with Gasteiger partial charge in [0.25, 0.3) is 0 Å². The number of phenols is 1. The van der Waals surface area contributed by atoms with E-state index in [-0.39, 0.29) is 5.75 Å². The SMILES string of the molecule is Oc1cccc(OCc2cc3cc(Br)ccc3o2)c1. The van der Waals surface area contributed by atoms with Gasteiger partial charge in [0, 0.05) is 15.9 Å². The van der Waals surface area contributed by atoms with Crippen molar-refractivity contribution in [1.82, 2.24) is 0 Å². The molecule has 3 rings (SSSR count). The van der Waals surface area contributed by atoms with Crippen LogP contribution in [0.1, 0.15) is 5.76 Å². The average molecular weight is 319 g/mol. The van der Waals surface area contributed by atoms with E-state index < -0.39 is 0 Å². The number of fused-ring (bicyclic) bond motifs is 1. The lowest BCUT2D eigenvalue weighted by molar-refractivity contribution is 0.273. The van der Waals surface area contributed by atoms with Gasteiger partial charge in [-0.05, 0) is 36.4 Å². The van der Waals surface area contributed by atoms with E-state index in [1.165, 1.54) is 0 Å². The molecule has 1 N–H and O–H groups in total. The zero-order valence-electron chi connectivity index (χ0n) is 9.97. The fraction of sp³-hybridized carbons (Fsp3) is 0.0667. The highest BCUT2D eigenvalue weighted by Crippen LogP contribution is 2.25. The Hall–Kier alpha value is -1.94. The summed E-state index contributed by atoms with van der Waals surface area (Å²) in [6, 6.07) is 14.5. The van der Waals surface area contributed by atoms with Crippen molar-refractivity contribution in [2.24, 2.45) is 0 Å². The number of ether oxygens (including phenoxy) is 1. The van der Waals surface area contributed by atoms with Gasteiger partial charge in [-0.1, -0.05) is 22.0 Å². The summed E-state index contributed by atoms with van der Waals surface area (Å²) in [5.74, 6) is 1.55. The Bertz CT molecular complexity index is 718. The first-order valence-electron chi connectivity index (χ1n) is 5.80. The molecule has 0 unspecified atom stereocenters. The molecule has 0 amide bonds. The van der Waals surface area contributed by atoms with Gasteiger partial charge in [-0.2, -0.15) is 0 Å². The maximum Gasteiger partial charge on any atom is 0.146 e. The molecule has 0 radical (unpaired) electrons. The predicted octanol–water partition coefficient (Wildman–Crippen LogP) is 4.48. The highest BCUT2D eigenvalue weighted by atomic mass is 79.9. The fourth-order valence-corrected chi connectivity index (χ4v) is 2.25. The van der Waals surface area contributed by atoms with E-state index in [1.807, 2.05) is 24.3 Å². The van der Waals surface area contributed by atoms with Crippen LogP contribution in [0.25, 0.3) is 11.0 Å². The van der Waals surface area contributed by atoms with Crippen molar-refractivity contribution in [2.45, 2.75) is 6.61 Å². The minimum absolute atomic E-state index is 0.186. The summed E-state index contributed by atoms with van der Waals surface area (Å²) in [7, 11) is 0. The lowest BCUT2D eigenvalue weighted by atomic mass is 10.2. The molecule has 3 aromatic rings. The van der Waals surface area contributed by atoms with E-state index >= 15 is 0 Å². The maximum atomic E-state index is 9.35. The Morgan fingerprint density at radius 1 is 1.11 bits per heavy atom. The van der Waals surface area contributed by atoms with Crippen LogP contribution in [-0.4, -0.2) is 5.11 Å². The summed E-state index contributed by atoms with van der Waals surface area (Å²) in [5, 5.41) is 10.4. The maximum absolute atomic E-state index is 9.35. The van der Waals surface area contributed by atoms with Crippen LogP contribution in [0.3, 0.4) is 0 Å². The normalized spacial score (nSPS) is 10.8. The van der Waals surface area contributed by atoms with E-state index in [2.05, 4.69) is 15.9 Å². The van der Waals surface area contributed by atoms with Gasteiger partial charge in [-0.15, -0.1) is 0 Å². The first-order valence-corrected chi connectivity index (χ1v) is 6.60. The molecule has 4 heteroatoms. The van der Waals surface area contributed by atoms with E-state index in [0.29, 0.717) is 12.4 Å². The van der Waals surface area contributed by atoms with Crippen molar-refractivity contribution in [2.75, 3.05) is 0 Å². The number of halogens is 1. The number of rotatable bonds is 3. The highest BCUT2D eigenvalue weighted by Gasteiger charge is 2.05. The molecule has 2 aromatic carbocycles. The summed E-state index contributed by atoms with van der Waals surface area (Å²) in [5.41, 5.74) is 0.831. The minimum atomic E-state index is 0.186. The molecule has 0 spiro atoms. The van der Waals surface area contributed by atoms with Crippen LogP contribution in [-0.2, 0) is 6.61 Å². The van der Waals surface area contributed by atoms with Gasteiger partial charge in [0.1, 0.15) is 29.4 Å². The van der Waals surface area contributed by atoms with E-state index in [0.717, 1.165) is 21.2 Å². The lowest BCUT2D eigenvalue weighted by Crippen LogP contribution is -1.92. The van der Waals surface area contributed by atoms with E-state index in [9.17, 15) is 5.11 Å². The van der Waals surface area contributed by atoms with E-state index in [4.69, 9.17) is 9.15 Å². The number of hydrogen-bond acceptors (Lipinski definition) is 3. The second-order valence-electron chi connectivity index (χ2n) is 4.18. The monoisotopic (exact) mass is 318 g/mol. The van der Waals surface area contributed by atoms with Crippen molar-refractivity contribution in [3.05, 3.63) is 58.8 Å². The minimum Gasteiger partial charge on any atom is -0.508 e. The third-order valence-corrected chi connectivity index (χ3v) is 3.22.